The zero-order valence-corrected chi connectivity index (χ0v) is 16.0. The Hall–Kier alpha value is -1.59. The van der Waals surface area contributed by atoms with Crippen LogP contribution in [0, 0.1) is 0 Å². The van der Waals surface area contributed by atoms with Crippen molar-refractivity contribution >= 4 is 17.6 Å². The van der Waals surface area contributed by atoms with Crippen molar-refractivity contribution in [3.8, 4) is 11.4 Å². The van der Waals surface area contributed by atoms with Gasteiger partial charge in [-0.3, -0.25) is 4.90 Å². The number of aromatic nitrogens is 2. The van der Waals surface area contributed by atoms with Gasteiger partial charge in [-0.1, -0.05) is 30.3 Å². The lowest BCUT2D eigenvalue weighted by Gasteiger charge is -2.39. The van der Waals surface area contributed by atoms with Crippen molar-refractivity contribution in [1.29, 1.82) is 0 Å². The number of hydrogen-bond donors (Lipinski definition) is 0. The molecule has 1 unspecified atom stereocenters. The molecule has 1 aromatic heterocycles. The maximum absolute atomic E-state index is 5.05. The molecule has 0 spiro atoms. The standard InChI is InChI=1S/C21H26N4S/c1-2-5-16(6-3-1)20-22-19-8-4-7-18(19)21(23-20)25-12-10-24(11-13-25)17-9-14-26-15-17/h1-3,5-6,17H,4,7-15H2. The Labute approximate surface area is 160 Å². The molecule has 2 aliphatic heterocycles. The third kappa shape index (κ3) is 3.12. The summed E-state index contributed by atoms with van der Waals surface area (Å²) in [7, 11) is 0. The Bertz CT molecular complexity index is 765. The van der Waals surface area contributed by atoms with E-state index in [0.29, 0.717) is 0 Å². The molecular formula is C21H26N4S. The number of piperazine rings is 1. The third-order valence-electron chi connectivity index (χ3n) is 5.98. The summed E-state index contributed by atoms with van der Waals surface area (Å²) in [6.07, 6.45) is 4.82. The predicted octanol–water partition coefficient (Wildman–Crippen LogP) is 3.26. The Morgan fingerprint density at radius 3 is 2.58 bits per heavy atom. The van der Waals surface area contributed by atoms with Gasteiger partial charge in [-0.2, -0.15) is 11.8 Å². The molecule has 0 saturated carbocycles. The second-order valence-electron chi connectivity index (χ2n) is 7.56. The monoisotopic (exact) mass is 366 g/mol. The van der Waals surface area contributed by atoms with Gasteiger partial charge < -0.3 is 4.90 Å². The number of anilines is 1. The summed E-state index contributed by atoms with van der Waals surface area (Å²) in [6.45, 7) is 4.53. The molecule has 26 heavy (non-hydrogen) atoms. The van der Waals surface area contributed by atoms with Crippen LogP contribution in [0.15, 0.2) is 30.3 Å². The zero-order chi connectivity index (χ0) is 17.3. The van der Waals surface area contributed by atoms with Crippen LogP contribution in [-0.4, -0.2) is 58.6 Å². The lowest BCUT2D eigenvalue weighted by atomic mass is 10.1. The third-order valence-corrected chi connectivity index (χ3v) is 7.12. The van der Waals surface area contributed by atoms with Crippen molar-refractivity contribution in [3.63, 3.8) is 0 Å². The van der Waals surface area contributed by atoms with Crippen molar-refractivity contribution in [2.45, 2.75) is 31.7 Å². The van der Waals surface area contributed by atoms with Gasteiger partial charge in [0.05, 0.1) is 0 Å². The first kappa shape index (κ1) is 16.6. The maximum Gasteiger partial charge on any atom is 0.161 e. The molecule has 1 aromatic carbocycles. The molecule has 136 valence electrons. The summed E-state index contributed by atoms with van der Waals surface area (Å²) < 4.78 is 0. The van der Waals surface area contributed by atoms with Crippen LogP contribution in [0.3, 0.4) is 0 Å². The van der Waals surface area contributed by atoms with Crippen molar-refractivity contribution < 1.29 is 0 Å². The lowest BCUT2D eigenvalue weighted by Crippen LogP contribution is -2.51. The van der Waals surface area contributed by atoms with E-state index < -0.39 is 0 Å². The Morgan fingerprint density at radius 2 is 1.81 bits per heavy atom. The molecule has 2 saturated heterocycles. The molecule has 5 heteroatoms. The summed E-state index contributed by atoms with van der Waals surface area (Å²) in [5, 5.41) is 0. The fourth-order valence-electron chi connectivity index (χ4n) is 4.50. The first-order valence-corrected chi connectivity index (χ1v) is 11.1. The highest BCUT2D eigenvalue weighted by atomic mass is 32.2. The van der Waals surface area contributed by atoms with E-state index in [0.717, 1.165) is 43.4 Å². The highest BCUT2D eigenvalue weighted by Gasteiger charge is 2.29. The molecule has 0 amide bonds. The summed E-state index contributed by atoms with van der Waals surface area (Å²) in [5.41, 5.74) is 3.82. The number of aryl methyl sites for hydroxylation is 1. The van der Waals surface area contributed by atoms with Gasteiger partial charge >= 0.3 is 0 Å². The normalized spacial score (nSPS) is 23.4. The number of hydrogen-bond acceptors (Lipinski definition) is 5. The fourth-order valence-corrected chi connectivity index (χ4v) is 5.75. The van der Waals surface area contributed by atoms with Gasteiger partial charge in [-0.25, -0.2) is 9.97 Å². The second kappa shape index (κ2) is 7.20. The van der Waals surface area contributed by atoms with Crippen LogP contribution in [-0.2, 0) is 12.8 Å². The van der Waals surface area contributed by atoms with Crippen LogP contribution in [0.2, 0.25) is 0 Å². The van der Waals surface area contributed by atoms with Crippen LogP contribution >= 0.6 is 11.8 Å². The molecule has 1 atom stereocenters. The largest absolute Gasteiger partial charge is 0.354 e. The SMILES string of the molecule is c1ccc(-c2nc3c(c(N4CCN(C5CCSC5)CC4)n2)CCC3)cc1. The van der Waals surface area contributed by atoms with E-state index in [4.69, 9.17) is 9.97 Å². The van der Waals surface area contributed by atoms with Gasteiger partial charge in [0.1, 0.15) is 5.82 Å². The van der Waals surface area contributed by atoms with Gasteiger partial charge in [0.15, 0.2) is 5.82 Å². The average molecular weight is 367 g/mol. The highest BCUT2D eigenvalue weighted by Crippen LogP contribution is 2.32. The van der Waals surface area contributed by atoms with E-state index in [2.05, 4.69) is 51.9 Å². The van der Waals surface area contributed by atoms with Crippen LogP contribution < -0.4 is 4.90 Å². The topological polar surface area (TPSA) is 32.3 Å². The Morgan fingerprint density at radius 1 is 0.962 bits per heavy atom. The smallest absolute Gasteiger partial charge is 0.161 e. The van der Waals surface area contributed by atoms with Crippen molar-refractivity contribution in [2.24, 2.45) is 0 Å². The fraction of sp³-hybridized carbons (Fsp3) is 0.524. The van der Waals surface area contributed by atoms with E-state index in [-0.39, 0.29) is 0 Å². The molecular weight excluding hydrogens is 340 g/mol. The number of nitrogens with zero attached hydrogens (tertiary/aromatic N) is 4. The lowest BCUT2D eigenvalue weighted by molar-refractivity contribution is 0.200. The Kier molecular flexibility index (Phi) is 4.59. The average Bonchev–Trinajstić information content (AvgIpc) is 3.40. The minimum Gasteiger partial charge on any atom is -0.354 e. The summed E-state index contributed by atoms with van der Waals surface area (Å²) in [6, 6.07) is 11.2. The van der Waals surface area contributed by atoms with Crippen LogP contribution in [0.25, 0.3) is 11.4 Å². The molecule has 3 aliphatic rings. The second-order valence-corrected chi connectivity index (χ2v) is 8.71. The van der Waals surface area contributed by atoms with Crippen molar-refractivity contribution in [1.82, 2.24) is 14.9 Å². The number of benzene rings is 1. The summed E-state index contributed by atoms with van der Waals surface area (Å²) >= 11 is 2.11. The Balaban J connectivity index is 1.41. The van der Waals surface area contributed by atoms with Crippen LogP contribution in [0.1, 0.15) is 24.1 Å². The number of rotatable bonds is 3. The van der Waals surface area contributed by atoms with Crippen molar-refractivity contribution in [2.75, 3.05) is 42.6 Å². The molecule has 2 aromatic rings. The quantitative estimate of drug-likeness (QED) is 0.832. The maximum atomic E-state index is 5.05. The zero-order valence-electron chi connectivity index (χ0n) is 15.2. The van der Waals surface area contributed by atoms with Crippen molar-refractivity contribution in [3.05, 3.63) is 41.6 Å². The molecule has 4 nitrogen and oxygen atoms in total. The first-order chi connectivity index (χ1) is 12.9. The predicted molar refractivity (Wildman–Crippen MR) is 109 cm³/mol. The molecule has 2 fully saturated rings. The van der Waals surface area contributed by atoms with E-state index >= 15 is 0 Å². The molecule has 0 bridgehead atoms. The van der Waals surface area contributed by atoms with Gasteiger partial charge in [0.2, 0.25) is 0 Å². The van der Waals surface area contributed by atoms with Gasteiger partial charge in [-0.05, 0) is 31.4 Å². The van der Waals surface area contributed by atoms with Gasteiger partial charge in [-0.15, -0.1) is 0 Å². The van der Waals surface area contributed by atoms with Gasteiger partial charge in [0, 0.05) is 54.8 Å². The molecule has 3 heterocycles. The van der Waals surface area contributed by atoms with Gasteiger partial charge in [0.25, 0.3) is 0 Å². The van der Waals surface area contributed by atoms with E-state index in [9.17, 15) is 0 Å². The molecule has 0 radical (unpaired) electrons. The minimum absolute atomic E-state index is 0.804. The van der Waals surface area contributed by atoms with E-state index in [1.807, 2.05) is 0 Å². The number of fused-ring (bicyclic) bond motifs is 1. The highest BCUT2D eigenvalue weighted by molar-refractivity contribution is 7.99. The molecule has 5 rings (SSSR count). The van der Waals surface area contributed by atoms with E-state index in [1.54, 1.807) is 0 Å². The van der Waals surface area contributed by atoms with Crippen LogP contribution in [0.4, 0.5) is 5.82 Å². The summed E-state index contributed by atoms with van der Waals surface area (Å²) in [4.78, 5) is 15.2. The number of thioether (sulfide) groups is 1. The first-order valence-electron chi connectivity index (χ1n) is 9.90. The van der Waals surface area contributed by atoms with E-state index in [1.165, 1.54) is 54.5 Å². The molecule has 1 aliphatic carbocycles. The minimum atomic E-state index is 0.804. The van der Waals surface area contributed by atoms with Crippen LogP contribution in [0.5, 0.6) is 0 Å². The molecule has 0 N–H and O–H groups in total. The summed E-state index contributed by atoms with van der Waals surface area (Å²) in [5.74, 6) is 4.77.